The van der Waals surface area contributed by atoms with Gasteiger partial charge in [-0.2, -0.15) is 0 Å². The number of hydrogen-bond acceptors (Lipinski definition) is 7. The van der Waals surface area contributed by atoms with Gasteiger partial charge in [-0.15, -0.1) is 0 Å². The van der Waals surface area contributed by atoms with Gasteiger partial charge in [0.15, 0.2) is 0 Å². The van der Waals surface area contributed by atoms with Gasteiger partial charge < -0.3 is 27.9 Å². The van der Waals surface area contributed by atoms with Crippen LogP contribution in [-0.4, -0.2) is 70.7 Å². The topological polar surface area (TPSA) is 94.1 Å². The third-order valence-electron chi connectivity index (χ3n) is 9.82. The number of nitrogens with zero attached hydrogens (tertiary/aromatic N) is 1. The maximum Gasteiger partial charge on any atom is 0.306 e. The minimum absolute atomic E-state index is 0.0289. The highest BCUT2D eigenvalue weighted by molar-refractivity contribution is 7.45. The highest BCUT2D eigenvalue weighted by Crippen LogP contribution is 2.38. The highest BCUT2D eigenvalue weighted by Gasteiger charge is 2.20. The molecule has 0 aromatic rings. The zero-order valence-electron chi connectivity index (χ0n) is 35.7. The summed E-state index contributed by atoms with van der Waals surface area (Å²) in [6, 6.07) is 0. The van der Waals surface area contributed by atoms with Crippen molar-refractivity contribution in [1.82, 2.24) is 0 Å². The molecule has 53 heavy (non-hydrogen) atoms. The fraction of sp³-hybridized carbons (Fsp3) is 0.932. The third kappa shape index (κ3) is 42.2. The lowest BCUT2D eigenvalue weighted by molar-refractivity contribution is -0.870. The number of phosphoric acid groups is 1. The SMILES string of the molecule is CCCCCCCCCC/C=C\CCCCCCCCCCCCCCCC(=O)OC(COCCCCCCCC)COP(=O)([O-])OCC[N+](C)(C)C. The van der Waals surface area contributed by atoms with Crippen molar-refractivity contribution in [2.24, 2.45) is 0 Å². The molecular formula is C44H88NO7P. The number of ether oxygens (including phenoxy) is 2. The standard InChI is InChI=1S/C44H88NO7P/c1-6-8-10-12-14-15-16-17-18-19-20-21-22-23-24-25-26-27-28-29-30-31-32-33-35-37-44(46)52-43(41-49-39-36-34-13-11-9-7-2)42-51-53(47,48)50-40-38-45(3,4)5/h19-20,43H,6-18,21-42H2,1-5H3/b20-19-. The summed E-state index contributed by atoms with van der Waals surface area (Å²) in [5.74, 6) is -0.334. The number of allylic oxidation sites excluding steroid dienone is 2. The van der Waals surface area contributed by atoms with Crippen LogP contribution >= 0.6 is 7.82 Å². The van der Waals surface area contributed by atoms with Crippen LogP contribution in [0.1, 0.15) is 206 Å². The fourth-order valence-corrected chi connectivity index (χ4v) is 7.03. The van der Waals surface area contributed by atoms with Gasteiger partial charge in [-0.25, -0.2) is 0 Å². The van der Waals surface area contributed by atoms with Gasteiger partial charge in [-0.3, -0.25) is 9.36 Å². The van der Waals surface area contributed by atoms with Crippen molar-refractivity contribution in [3.8, 4) is 0 Å². The number of esters is 1. The average Bonchev–Trinajstić information content (AvgIpc) is 3.11. The smallest absolute Gasteiger partial charge is 0.306 e. The van der Waals surface area contributed by atoms with E-state index in [1.54, 1.807) is 0 Å². The molecule has 2 atom stereocenters. The summed E-state index contributed by atoms with van der Waals surface area (Å²) >= 11 is 0. The number of hydrogen-bond donors (Lipinski definition) is 0. The summed E-state index contributed by atoms with van der Waals surface area (Å²) in [4.78, 5) is 24.9. The first-order valence-electron chi connectivity index (χ1n) is 22.4. The Bertz CT molecular complexity index is 863. The first kappa shape index (κ1) is 52.2. The lowest BCUT2D eigenvalue weighted by atomic mass is 10.0. The number of quaternary nitrogens is 1. The monoisotopic (exact) mass is 774 g/mol. The molecule has 0 aromatic heterocycles. The van der Waals surface area contributed by atoms with Gasteiger partial charge in [0.25, 0.3) is 7.82 Å². The number of carbonyl (C=O) groups is 1. The number of unbranched alkanes of at least 4 members (excludes halogenated alkanes) is 26. The molecule has 0 radical (unpaired) electrons. The van der Waals surface area contributed by atoms with Crippen molar-refractivity contribution < 1.29 is 37.3 Å². The van der Waals surface area contributed by atoms with E-state index in [-0.39, 0.29) is 25.8 Å². The summed E-state index contributed by atoms with van der Waals surface area (Å²) < 4.78 is 34.4. The Morgan fingerprint density at radius 1 is 0.566 bits per heavy atom. The molecule has 0 aliphatic heterocycles. The van der Waals surface area contributed by atoms with E-state index in [0.717, 1.165) is 32.1 Å². The van der Waals surface area contributed by atoms with Crippen LogP contribution in [0.15, 0.2) is 12.2 Å². The van der Waals surface area contributed by atoms with Crippen molar-refractivity contribution in [1.29, 1.82) is 0 Å². The van der Waals surface area contributed by atoms with Crippen LogP contribution in [0, 0.1) is 0 Å². The van der Waals surface area contributed by atoms with E-state index in [1.165, 1.54) is 154 Å². The van der Waals surface area contributed by atoms with E-state index in [9.17, 15) is 14.3 Å². The minimum Gasteiger partial charge on any atom is -0.756 e. The predicted octanol–water partition coefficient (Wildman–Crippen LogP) is 12.4. The van der Waals surface area contributed by atoms with Crippen LogP contribution in [0.3, 0.4) is 0 Å². The van der Waals surface area contributed by atoms with Gasteiger partial charge in [-0.05, 0) is 38.5 Å². The molecule has 8 nitrogen and oxygen atoms in total. The van der Waals surface area contributed by atoms with Crippen molar-refractivity contribution in [2.45, 2.75) is 213 Å². The Morgan fingerprint density at radius 3 is 1.43 bits per heavy atom. The molecule has 0 amide bonds. The quantitative estimate of drug-likeness (QED) is 0.0200. The molecule has 0 aliphatic carbocycles. The Labute approximate surface area is 329 Å². The van der Waals surface area contributed by atoms with Crippen LogP contribution in [0.5, 0.6) is 0 Å². The number of phosphoric ester groups is 1. The molecule has 0 aliphatic rings. The van der Waals surface area contributed by atoms with Crippen molar-refractivity contribution in [3.63, 3.8) is 0 Å². The summed E-state index contributed by atoms with van der Waals surface area (Å²) in [6.07, 6.45) is 41.1. The summed E-state index contributed by atoms with van der Waals surface area (Å²) in [7, 11) is 1.36. The van der Waals surface area contributed by atoms with Gasteiger partial charge in [0.1, 0.15) is 19.3 Å². The van der Waals surface area contributed by atoms with Crippen LogP contribution in [0.2, 0.25) is 0 Å². The van der Waals surface area contributed by atoms with Gasteiger partial charge in [0.05, 0.1) is 34.4 Å². The van der Waals surface area contributed by atoms with E-state index < -0.39 is 13.9 Å². The second-order valence-electron chi connectivity index (χ2n) is 16.4. The van der Waals surface area contributed by atoms with Crippen LogP contribution in [0.4, 0.5) is 0 Å². The fourth-order valence-electron chi connectivity index (χ4n) is 6.31. The predicted molar refractivity (Wildman–Crippen MR) is 222 cm³/mol. The van der Waals surface area contributed by atoms with E-state index in [4.69, 9.17) is 18.5 Å². The first-order chi connectivity index (χ1) is 25.6. The van der Waals surface area contributed by atoms with E-state index in [1.807, 2.05) is 21.1 Å². The summed E-state index contributed by atoms with van der Waals surface area (Å²) in [5, 5.41) is 0. The van der Waals surface area contributed by atoms with E-state index >= 15 is 0 Å². The molecule has 0 N–H and O–H groups in total. The number of carbonyl (C=O) groups excluding carboxylic acids is 1. The second-order valence-corrected chi connectivity index (χ2v) is 17.8. The normalized spacial score (nSPS) is 13.8. The van der Waals surface area contributed by atoms with Gasteiger partial charge in [0, 0.05) is 13.0 Å². The Balaban J connectivity index is 3.92. The average molecular weight is 774 g/mol. The third-order valence-corrected chi connectivity index (χ3v) is 10.8. The Morgan fingerprint density at radius 2 is 0.981 bits per heavy atom. The highest BCUT2D eigenvalue weighted by atomic mass is 31.2. The van der Waals surface area contributed by atoms with Crippen molar-refractivity contribution >= 4 is 13.8 Å². The zero-order valence-corrected chi connectivity index (χ0v) is 36.6. The van der Waals surface area contributed by atoms with Crippen molar-refractivity contribution in [3.05, 3.63) is 12.2 Å². The van der Waals surface area contributed by atoms with Crippen LogP contribution in [-0.2, 0) is 27.9 Å². The second kappa shape index (κ2) is 38.1. The van der Waals surface area contributed by atoms with Gasteiger partial charge >= 0.3 is 5.97 Å². The summed E-state index contributed by atoms with van der Waals surface area (Å²) in [6.45, 7) is 5.39. The van der Waals surface area contributed by atoms with Crippen molar-refractivity contribution in [2.75, 3.05) is 54.1 Å². The lowest BCUT2D eigenvalue weighted by Gasteiger charge is -2.28. The molecule has 316 valence electrons. The van der Waals surface area contributed by atoms with Gasteiger partial charge in [-0.1, -0.05) is 174 Å². The van der Waals surface area contributed by atoms with E-state index in [2.05, 4.69) is 26.0 Å². The maximum atomic E-state index is 12.6. The Hall–Kier alpha value is -0.760. The molecule has 0 fully saturated rings. The van der Waals surface area contributed by atoms with Gasteiger partial charge in [0.2, 0.25) is 0 Å². The molecule has 0 saturated carbocycles. The number of likely N-dealkylation sites (N-methyl/N-ethyl adjacent to an activating group) is 1. The van der Waals surface area contributed by atoms with Crippen LogP contribution < -0.4 is 4.89 Å². The lowest BCUT2D eigenvalue weighted by Crippen LogP contribution is -2.37. The summed E-state index contributed by atoms with van der Waals surface area (Å²) in [5.41, 5.74) is 0. The molecule has 9 heteroatoms. The number of rotatable bonds is 42. The molecule has 0 spiro atoms. The molecule has 2 unspecified atom stereocenters. The van der Waals surface area contributed by atoms with Crippen LogP contribution in [0.25, 0.3) is 0 Å². The minimum atomic E-state index is -4.51. The molecule has 0 aromatic carbocycles. The zero-order chi connectivity index (χ0) is 39.1. The first-order valence-corrected chi connectivity index (χ1v) is 23.9. The Kier molecular flexibility index (Phi) is 37.6. The molecule has 0 bridgehead atoms. The largest absolute Gasteiger partial charge is 0.756 e. The molecule has 0 heterocycles. The maximum absolute atomic E-state index is 12.6. The molecule has 0 rings (SSSR count). The molecular weight excluding hydrogens is 685 g/mol. The van der Waals surface area contributed by atoms with E-state index in [0.29, 0.717) is 24.1 Å². The molecule has 0 saturated heterocycles.